The van der Waals surface area contributed by atoms with Crippen LogP contribution in [0, 0.1) is 24.0 Å². The predicted octanol–water partition coefficient (Wildman–Crippen LogP) is 2.98. The van der Waals surface area contributed by atoms with Crippen LogP contribution in [0.25, 0.3) is 0 Å². The maximum atomic E-state index is 12.5. The summed E-state index contributed by atoms with van der Waals surface area (Å²) in [6, 6.07) is 11.1. The van der Waals surface area contributed by atoms with Crippen molar-refractivity contribution in [1.82, 2.24) is 4.90 Å². The second kappa shape index (κ2) is 8.91. The number of methoxy groups -OCH3 is 1. The maximum absolute atomic E-state index is 12.5. The van der Waals surface area contributed by atoms with E-state index in [0.717, 1.165) is 48.7 Å². The highest BCUT2D eigenvalue weighted by molar-refractivity contribution is 5.94. The summed E-state index contributed by atoms with van der Waals surface area (Å²) < 4.78 is 5.19. The number of carbonyl (C=O) groups excluding carboxylic acids is 1. The van der Waals surface area contributed by atoms with Crippen LogP contribution in [0.2, 0.25) is 0 Å². The molecule has 0 unspecified atom stereocenters. The van der Waals surface area contributed by atoms with Crippen LogP contribution in [0.5, 0.6) is 5.75 Å². The van der Waals surface area contributed by atoms with E-state index in [4.69, 9.17) is 4.74 Å². The summed E-state index contributed by atoms with van der Waals surface area (Å²) in [5.74, 6) is 0.582. The number of carbonyl (C=O) groups is 1. The summed E-state index contributed by atoms with van der Waals surface area (Å²) in [6.07, 6.45) is 0. The summed E-state index contributed by atoms with van der Waals surface area (Å²) in [6.45, 7) is 7.00. The van der Waals surface area contributed by atoms with E-state index >= 15 is 0 Å². The van der Waals surface area contributed by atoms with Crippen LogP contribution in [0.3, 0.4) is 0 Å². The first kappa shape index (κ1) is 20.6. The molecule has 1 aliphatic rings. The first-order valence-corrected chi connectivity index (χ1v) is 9.54. The van der Waals surface area contributed by atoms with Crippen LogP contribution in [0.4, 0.5) is 17.1 Å². The third kappa shape index (κ3) is 5.03. The van der Waals surface area contributed by atoms with Crippen LogP contribution >= 0.6 is 0 Å². The average molecular weight is 398 g/mol. The lowest BCUT2D eigenvalue weighted by molar-refractivity contribution is -0.384. The minimum atomic E-state index is -0.463. The van der Waals surface area contributed by atoms with Gasteiger partial charge in [0.2, 0.25) is 5.91 Å². The van der Waals surface area contributed by atoms with Gasteiger partial charge >= 0.3 is 0 Å². The van der Waals surface area contributed by atoms with Gasteiger partial charge in [0.05, 0.1) is 18.6 Å². The number of hydrogen-bond donors (Lipinski definition) is 1. The standard InChI is InChI=1S/C21H26N4O4/c1-15-12-19(20(25(27)28)13-16(15)2)22-21(26)14-23-8-10-24(11-9-23)17-4-6-18(29-3)7-5-17/h4-7,12-13H,8-11,14H2,1-3H3,(H,22,26). The molecule has 0 aliphatic carbocycles. The first-order valence-electron chi connectivity index (χ1n) is 9.54. The second-order valence-corrected chi connectivity index (χ2v) is 7.22. The Morgan fingerprint density at radius 2 is 1.72 bits per heavy atom. The second-order valence-electron chi connectivity index (χ2n) is 7.22. The molecule has 29 heavy (non-hydrogen) atoms. The molecule has 1 aliphatic heterocycles. The molecule has 0 atom stereocenters. The van der Waals surface area contributed by atoms with Gasteiger partial charge in [-0.15, -0.1) is 0 Å². The normalized spacial score (nSPS) is 14.5. The molecule has 0 saturated carbocycles. The van der Waals surface area contributed by atoms with Gasteiger partial charge in [-0.1, -0.05) is 0 Å². The SMILES string of the molecule is COc1ccc(N2CCN(CC(=O)Nc3cc(C)c(C)cc3[N+](=O)[O-])CC2)cc1. The number of nitrogens with zero attached hydrogens (tertiary/aromatic N) is 3. The van der Waals surface area contributed by atoms with Gasteiger partial charge in [0.15, 0.2) is 0 Å². The van der Waals surface area contributed by atoms with Gasteiger partial charge < -0.3 is 15.0 Å². The number of amides is 1. The molecule has 2 aromatic carbocycles. The van der Waals surface area contributed by atoms with E-state index in [1.54, 1.807) is 13.2 Å². The van der Waals surface area contributed by atoms with E-state index in [1.165, 1.54) is 6.07 Å². The molecule has 1 heterocycles. The molecule has 1 amide bonds. The third-order valence-corrected chi connectivity index (χ3v) is 5.26. The number of hydrogen-bond acceptors (Lipinski definition) is 6. The minimum Gasteiger partial charge on any atom is -0.497 e. The van der Waals surface area contributed by atoms with Crippen molar-refractivity contribution in [1.29, 1.82) is 0 Å². The molecule has 0 spiro atoms. The Kier molecular flexibility index (Phi) is 6.33. The molecular weight excluding hydrogens is 372 g/mol. The number of nitro benzene ring substituents is 1. The zero-order valence-electron chi connectivity index (χ0n) is 17.0. The highest BCUT2D eigenvalue weighted by Crippen LogP contribution is 2.28. The summed E-state index contributed by atoms with van der Waals surface area (Å²) in [4.78, 5) is 27.6. The molecule has 8 heteroatoms. The quantitative estimate of drug-likeness (QED) is 0.595. The molecule has 1 saturated heterocycles. The number of rotatable bonds is 6. The topological polar surface area (TPSA) is 88.0 Å². The molecular formula is C21H26N4O4. The predicted molar refractivity (Wildman–Crippen MR) is 113 cm³/mol. The molecule has 2 aromatic rings. The van der Waals surface area contributed by atoms with Crippen molar-refractivity contribution in [3.05, 3.63) is 57.6 Å². The third-order valence-electron chi connectivity index (χ3n) is 5.26. The largest absolute Gasteiger partial charge is 0.497 e. The molecule has 0 radical (unpaired) electrons. The average Bonchev–Trinajstić information content (AvgIpc) is 2.71. The number of aryl methyl sites for hydroxylation is 2. The van der Waals surface area contributed by atoms with Crippen molar-refractivity contribution in [2.75, 3.05) is 50.1 Å². The molecule has 3 rings (SSSR count). The fourth-order valence-corrected chi connectivity index (χ4v) is 3.40. The van der Waals surface area contributed by atoms with Gasteiger partial charge in [-0.05, 0) is 55.3 Å². The van der Waals surface area contributed by atoms with Gasteiger partial charge in [-0.2, -0.15) is 0 Å². The molecule has 0 aromatic heterocycles. The van der Waals surface area contributed by atoms with E-state index < -0.39 is 4.92 Å². The van der Waals surface area contributed by atoms with Gasteiger partial charge in [-0.25, -0.2) is 0 Å². The van der Waals surface area contributed by atoms with Gasteiger partial charge in [0, 0.05) is 37.9 Å². The summed E-state index contributed by atoms with van der Waals surface area (Å²) in [7, 11) is 1.64. The van der Waals surface area contributed by atoms with E-state index in [1.807, 2.05) is 38.1 Å². The lowest BCUT2D eigenvalue weighted by Crippen LogP contribution is -2.48. The van der Waals surface area contributed by atoms with Crippen LogP contribution in [0.1, 0.15) is 11.1 Å². The maximum Gasteiger partial charge on any atom is 0.293 e. The highest BCUT2D eigenvalue weighted by atomic mass is 16.6. The van der Waals surface area contributed by atoms with Gasteiger partial charge in [-0.3, -0.25) is 19.8 Å². The lowest BCUT2D eigenvalue weighted by atomic mass is 10.1. The Hall–Kier alpha value is -3.13. The van der Waals surface area contributed by atoms with Crippen molar-refractivity contribution < 1.29 is 14.5 Å². The van der Waals surface area contributed by atoms with Gasteiger partial charge in [0.25, 0.3) is 5.69 Å². The summed E-state index contributed by atoms with van der Waals surface area (Å²) in [5, 5.41) is 14.0. The van der Waals surface area contributed by atoms with Crippen LogP contribution in [-0.2, 0) is 4.79 Å². The molecule has 0 bridgehead atoms. The Bertz CT molecular complexity index is 890. The zero-order valence-corrected chi connectivity index (χ0v) is 17.0. The highest BCUT2D eigenvalue weighted by Gasteiger charge is 2.22. The molecule has 154 valence electrons. The summed E-state index contributed by atoms with van der Waals surface area (Å²) >= 11 is 0. The van der Waals surface area contributed by atoms with E-state index in [0.29, 0.717) is 0 Å². The first-order chi connectivity index (χ1) is 13.9. The smallest absolute Gasteiger partial charge is 0.293 e. The fraction of sp³-hybridized carbons (Fsp3) is 0.381. The van der Waals surface area contributed by atoms with Crippen molar-refractivity contribution in [3.8, 4) is 5.75 Å². The van der Waals surface area contributed by atoms with E-state index in [9.17, 15) is 14.9 Å². The fourth-order valence-electron chi connectivity index (χ4n) is 3.40. The zero-order chi connectivity index (χ0) is 21.0. The Morgan fingerprint density at radius 1 is 1.10 bits per heavy atom. The number of anilines is 2. The minimum absolute atomic E-state index is 0.0780. The van der Waals surface area contributed by atoms with Crippen LogP contribution in [-0.4, -0.2) is 55.6 Å². The van der Waals surface area contributed by atoms with E-state index in [-0.39, 0.29) is 23.8 Å². The molecule has 8 nitrogen and oxygen atoms in total. The monoisotopic (exact) mass is 398 g/mol. The Balaban J connectivity index is 1.56. The number of nitrogens with one attached hydrogen (secondary N) is 1. The number of benzene rings is 2. The van der Waals surface area contributed by atoms with Crippen molar-refractivity contribution in [2.24, 2.45) is 0 Å². The van der Waals surface area contributed by atoms with Crippen LogP contribution in [0.15, 0.2) is 36.4 Å². The van der Waals surface area contributed by atoms with E-state index in [2.05, 4.69) is 15.1 Å². The van der Waals surface area contributed by atoms with Crippen molar-refractivity contribution in [2.45, 2.75) is 13.8 Å². The van der Waals surface area contributed by atoms with Crippen molar-refractivity contribution >= 4 is 23.0 Å². The molecule has 1 N–H and O–H groups in total. The summed E-state index contributed by atoms with van der Waals surface area (Å²) in [5.41, 5.74) is 3.02. The van der Waals surface area contributed by atoms with Crippen LogP contribution < -0.4 is 15.0 Å². The Labute approximate surface area is 170 Å². The number of ether oxygens (including phenoxy) is 1. The molecule has 1 fully saturated rings. The lowest BCUT2D eigenvalue weighted by Gasteiger charge is -2.35. The van der Waals surface area contributed by atoms with Gasteiger partial charge in [0.1, 0.15) is 11.4 Å². The van der Waals surface area contributed by atoms with Crippen molar-refractivity contribution in [3.63, 3.8) is 0 Å². The number of nitro groups is 1. The Morgan fingerprint density at radius 3 is 2.31 bits per heavy atom. The number of piperazine rings is 1.